The van der Waals surface area contributed by atoms with Crippen molar-refractivity contribution in [3.05, 3.63) is 83.2 Å². The van der Waals surface area contributed by atoms with Crippen LogP contribution in [0.25, 0.3) is 22.7 Å². The third kappa shape index (κ3) is 4.90. The monoisotopic (exact) mass is 393 g/mol. The van der Waals surface area contributed by atoms with Crippen LogP contribution in [0.15, 0.2) is 65.7 Å². The Kier molecular flexibility index (Phi) is 6.66. The molecule has 0 radical (unpaired) electrons. The lowest BCUT2D eigenvalue weighted by Crippen LogP contribution is -2.14. The van der Waals surface area contributed by atoms with Crippen LogP contribution >= 0.6 is 11.6 Å². The lowest BCUT2D eigenvalue weighted by atomic mass is 9.97. The molecule has 144 valence electrons. The summed E-state index contributed by atoms with van der Waals surface area (Å²) in [5.41, 5.74) is 5.20. The van der Waals surface area contributed by atoms with Crippen molar-refractivity contribution in [1.29, 1.82) is 0 Å². The van der Waals surface area contributed by atoms with Gasteiger partial charge in [-0.05, 0) is 60.7 Å². The van der Waals surface area contributed by atoms with Gasteiger partial charge in [-0.1, -0.05) is 60.6 Å². The molecule has 2 aromatic carbocycles. The highest BCUT2D eigenvalue weighted by Crippen LogP contribution is 2.26. The molecule has 0 saturated carbocycles. The first-order valence-electron chi connectivity index (χ1n) is 9.36. The molecule has 0 amide bonds. The highest BCUT2D eigenvalue weighted by atomic mass is 35.5. The second-order valence-corrected chi connectivity index (χ2v) is 6.98. The third-order valence-electron chi connectivity index (χ3n) is 4.45. The molecule has 28 heavy (non-hydrogen) atoms. The van der Waals surface area contributed by atoms with E-state index in [1.165, 1.54) is 16.7 Å². The summed E-state index contributed by atoms with van der Waals surface area (Å²) in [6, 6.07) is 15.7. The van der Waals surface area contributed by atoms with E-state index in [-0.39, 0.29) is 0 Å². The van der Waals surface area contributed by atoms with Gasteiger partial charge in [0, 0.05) is 17.1 Å². The molecule has 1 aromatic heterocycles. The summed E-state index contributed by atoms with van der Waals surface area (Å²) < 4.78 is 5.35. The molecule has 3 aromatic rings. The van der Waals surface area contributed by atoms with Crippen molar-refractivity contribution in [2.45, 2.75) is 26.7 Å². The number of rotatable bonds is 8. The summed E-state index contributed by atoms with van der Waals surface area (Å²) in [4.78, 5) is 4.43. The summed E-state index contributed by atoms with van der Waals surface area (Å²) in [5.74, 6) is 0.957. The number of benzene rings is 2. The number of hydrogen-bond acceptors (Lipinski definition) is 4. The maximum absolute atomic E-state index is 6.19. The molecule has 5 heteroatoms. The van der Waals surface area contributed by atoms with E-state index < -0.39 is 0 Å². The van der Waals surface area contributed by atoms with Gasteiger partial charge in [0.05, 0.1) is 5.70 Å². The van der Waals surface area contributed by atoms with E-state index in [0.29, 0.717) is 24.0 Å². The number of nitrogens with zero attached hydrogens (tertiary/aromatic N) is 2. The molecule has 0 aliphatic carbocycles. The van der Waals surface area contributed by atoms with Gasteiger partial charge < -0.3 is 9.84 Å². The average Bonchev–Trinajstić information content (AvgIpc) is 3.20. The van der Waals surface area contributed by atoms with Gasteiger partial charge in [-0.15, -0.1) is 0 Å². The van der Waals surface area contributed by atoms with Crippen LogP contribution in [-0.2, 0) is 0 Å². The first-order valence-corrected chi connectivity index (χ1v) is 9.74. The van der Waals surface area contributed by atoms with Crippen molar-refractivity contribution in [2.75, 3.05) is 6.54 Å². The lowest BCUT2D eigenvalue weighted by Gasteiger charge is -2.13. The smallest absolute Gasteiger partial charge is 0.258 e. The number of aromatic nitrogens is 2. The number of hydrogen-bond donors (Lipinski definition) is 1. The van der Waals surface area contributed by atoms with E-state index in [0.717, 1.165) is 23.4 Å². The fourth-order valence-electron chi connectivity index (χ4n) is 3.00. The number of aryl methyl sites for hydroxylation is 1. The van der Waals surface area contributed by atoms with Gasteiger partial charge in [0.1, 0.15) is 0 Å². The van der Waals surface area contributed by atoms with Crippen molar-refractivity contribution in [1.82, 2.24) is 15.5 Å². The van der Waals surface area contributed by atoms with E-state index in [1.807, 2.05) is 42.5 Å². The molecular weight excluding hydrogens is 370 g/mol. The first-order chi connectivity index (χ1) is 13.6. The molecule has 0 atom stereocenters. The molecule has 0 unspecified atom stereocenters. The van der Waals surface area contributed by atoms with Crippen molar-refractivity contribution < 1.29 is 4.52 Å². The molecule has 1 heterocycles. The molecule has 0 aliphatic rings. The fourth-order valence-corrected chi connectivity index (χ4v) is 3.18. The number of halogens is 1. The van der Waals surface area contributed by atoms with Crippen LogP contribution in [0.1, 0.15) is 36.7 Å². The van der Waals surface area contributed by atoms with Gasteiger partial charge in [0.2, 0.25) is 5.82 Å². The summed E-state index contributed by atoms with van der Waals surface area (Å²) in [6.07, 6.45) is 4.05. The quantitative estimate of drug-likeness (QED) is 0.499. The van der Waals surface area contributed by atoms with Crippen LogP contribution in [0.5, 0.6) is 0 Å². The standard InChI is InChI=1S/C23H24ClN3O/c1-4-8-18(21-15-20(24)12-11-16(21)2)13-14-25-17(3)22-26-23(28-27-22)19-9-6-5-7-10-19/h5-12,15,25H,3-4,13-14H2,1-2H3/b18-8-. The molecule has 0 bridgehead atoms. The van der Waals surface area contributed by atoms with Gasteiger partial charge in [-0.2, -0.15) is 4.98 Å². The van der Waals surface area contributed by atoms with Gasteiger partial charge in [-0.25, -0.2) is 0 Å². The van der Waals surface area contributed by atoms with Crippen LogP contribution in [0, 0.1) is 6.92 Å². The zero-order valence-corrected chi connectivity index (χ0v) is 17.0. The Morgan fingerprint density at radius 1 is 1.21 bits per heavy atom. The summed E-state index contributed by atoms with van der Waals surface area (Å²) in [6.45, 7) is 9.00. The second-order valence-electron chi connectivity index (χ2n) is 6.54. The minimum Gasteiger partial charge on any atom is -0.382 e. The van der Waals surface area contributed by atoms with E-state index in [2.05, 4.69) is 48.0 Å². The van der Waals surface area contributed by atoms with Crippen molar-refractivity contribution in [3.8, 4) is 11.5 Å². The lowest BCUT2D eigenvalue weighted by molar-refractivity contribution is 0.427. The molecule has 0 spiro atoms. The average molecular weight is 394 g/mol. The van der Waals surface area contributed by atoms with Crippen LogP contribution in [0.4, 0.5) is 0 Å². The Morgan fingerprint density at radius 2 is 2.00 bits per heavy atom. The minimum absolute atomic E-state index is 0.471. The van der Waals surface area contributed by atoms with E-state index in [4.69, 9.17) is 16.1 Å². The second kappa shape index (κ2) is 9.38. The van der Waals surface area contributed by atoms with E-state index >= 15 is 0 Å². The highest BCUT2D eigenvalue weighted by Gasteiger charge is 2.12. The Balaban J connectivity index is 1.63. The maximum atomic E-state index is 6.19. The zero-order chi connectivity index (χ0) is 19.9. The fraction of sp³-hybridized carbons (Fsp3) is 0.217. The maximum Gasteiger partial charge on any atom is 0.258 e. The van der Waals surface area contributed by atoms with E-state index in [9.17, 15) is 0 Å². The first kappa shape index (κ1) is 19.9. The van der Waals surface area contributed by atoms with E-state index in [1.54, 1.807) is 0 Å². The predicted molar refractivity (Wildman–Crippen MR) is 116 cm³/mol. The Labute approximate surface area is 170 Å². The summed E-state index contributed by atoms with van der Waals surface area (Å²) in [7, 11) is 0. The number of nitrogens with one attached hydrogen (secondary N) is 1. The molecule has 0 fully saturated rings. The van der Waals surface area contributed by atoms with Gasteiger partial charge >= 0.3 is 0 Å². The van der Waals surface area contributed by atoms with Gasteiger partial charge in [-0.3, -0.25) is 0 Å². The third-order valence-corrected chi connectivity index (χ3v) is 4.68. The van der Waals surface area contributed by atoms with Gasteiger partial charge in [0.25, 0.3) is 5.89 Å². The Morgan fingerprint density at radius 3 is 2.75 bits per heavy atom. The largest absolute Gasteiger partial charge is 0.382 e. The van der Waals surface area contributed by atoms with Crippen molar-refractivity contribution in [3.63, 3.8) is 0 Å². The van der Waals surface area contributed by atoms with Crippen LogP contribution in [0.3, 0.4) is 0 Å². The van der Waals surface area contributed by atoms with Gasteiger partial charge in [0.15, 0.2) is 0 Å². The topological polar surface area (TPSA) is 51.0 Å². The SMILES string of the molecule is C=C(NCC/C(=C/CC)c1cc(Cl)ccc1C)c1noc(-c2ccccc2)n1. The molecule has 1 N–H and O–H groups in total. The molecule has 3 rings (SSSR count). The summed E-state index contributed by atoms with van der Waals surface area (Å²) >= 11 is 6.19. The van der Waals surface area contributed by atoms with Crippen molar-refractivity contribution >= 4 is 22.9 Å². The van der Waals surface area contributed by atoms with Crippen molar-refractivity contribution in [2.24, 2.45) is 0 Å². The minimum atomic E-state index is 0.471. The molecular formula is C23H24ClN3O. The van der Waals surface area contributed by atoms with Crippen LogP contribution in [0.2, 0.25) is 5.02 Å². The molecule has 0 aliphatic heterocycles. The number of allylic oxidation sites excluding steroid dienone is 1. The predicted octanol–water partition coefficient (Wildman–Crippen LogP) is 6.14. The summed E-state index contributed by atoms with van der Waals surface area (Å²) in [5, 5.41) is 8.08. The highest BCUT2D eigenvalue weighted by molar-refractivity contribution is 6.30. The molecule has 0 saturated heterocycles. The Hall–Kier alpha value is -2.85. The Bertz CT molecular complexity index is 977. The zero-order valence-electron chi connectivity index (χ0n) is 16.2. The van der Waals surface area contributed by atoms with Crippen LogP contribution < -0.4 is 5.32 Å². The normalized spacial score (nSPS) is 11.5. The molecule has 4 nitrogen and oxygen atoms in total. The van der Waals surface area contributed by atoms with Crippen LogP contribution in [-0.4, -0.2) is 16.7 Å².